The topological polar surface area (TPSA) is 0 Å². The summed E-state index contributed by atoms with van der Waals surface area (Å²) in [5.41, 5.74) is 10.3. The van der Waals surface area contributed by atoms with Crippen molar-refractivity contribution >= 4 is 23.6 Å². The van der Waals surface area contributed by atoms with Crippen molar-refractivity contribution < 1.29 is 58.9 Å². The minimum atomic E-state index is -2.78. The third-order valence-electron chi connectivity index (χ3n) is 10.4. The minimum absolute atomic E-state index is 0. The minimum Gasteiger partial charge on any atom is -1.00 e. The first-order chi connectivity index (χ1) is 21.7. The zero-order valence-electron chi connectivity index (χ0n) is 33.2. The van der Waals surface area contributed by atoms with Gasteiger partial charge >= 0.3 is 21.7 Å². The molecule has 50 heavy (non-hydrogen) atoms. The molecule has 4 rings (SSSR count). The Balaban J connectivity index is 0.00000600. The Labute approximate surface area is 342 Å². The van der Waals surface area contributed by atoms with Crippen LogP contribution < -0.4 is 52.8 Å². The van der Waals surface area contributed by atoms with Crippen LogP contribution in [-0.2, 0) is 21.7 Å². The van der Waals surface area contributed by atoms with Gasteiger partial charge in [0.2, 0.25) is 0 Å². The average Bonchev–Trinajstić information content (AvgIpc) is 3.48. The molecule has 0 unspecified atom stereocenters. The molecule has 0 N–H and O–H groups in total. The summed E-state index contributed by atoms with van der Waals surface area (Å²) in [4.78, 5) is 0. The summed E-state index contributed by atoms with van der Waals surface area (Å²) < 4.78 is 0. The number of hydrogen-bond donors (Lipinski definition) is 0. The van der Waals surface area contributed by atoms with Crippen molar-refractivity contribution in [2.45, 2.75) is 151 Å². The molecule has 3 aromatic carbocycles. The van der Waals surface area contributed by atoms with E-state index in [0.717, 1.165) is 12.8 Å². The molecule has 1 aliphatic carbocycles. The molecule has 0 aliphatic heterocycles. The van der Waals surface area contributed by atoms with Crippen LogP contribution >= 0.6 is 0 Å². The Morgan fingerprint density at radius 3 is 1.02 bits per heavy atom. The van der Waals surface area contributed by atoms with Gasteiger partial charge in [0.1, 0.15) is 0 Å². The van der Waals surface area contributed by atoms with Gasteiger partial charge in [-0.15, -0.1) is 0 Å². The van der Waals surface area contributed by atoms with Gasteiger partial charge < -0.3 is 37.2 Å². The molecule has 0 atom stereocenters. The van der Waals surface area contributed by atoms with Crippen LogP contribution in [0.5, 0.6) is 0 Å². The maximum atomic E-state index is 3.87. The van der Waals surface area contributed by atoms with Crippen molar-refractivity contribution in [3.63, 3.8) is 0 Å². The molecule has 5 heteroatoms. The maximum absolute atomic E-state index is 3.87. The summed E-state index contributed by atoms with van der Waals surface area (Å²) in [7, 11) is -2.78. The van der Waals surface area contributed by atoms with Gasteiger partial charge in [-0.2, -0.15) is 6.08 Å². The predicted molar refractivity (Wildman–Crippen MR) is 207 cm³/mol. The third kappa shape index (κ3) is 10.5. The smallest absolute Gasteiger partial charge is 1.00 e. The van der Waals surface area contributed by atoms with Gasteiger partial charge in [-0.3, -0.25) is 6.08 Å². The van der Waals surface area contributed by atoms with Crippen molar-refractivity contribution in [3.05, 3.63) is 111 Å². The molecular weight excluding hydrogens is 723 g/mol. The normalized spacial score (nSPS) is 12.9. The summed E-state index contributed by atoms with van der Waals surface area (Å²) in [5.74, 6) is 2.79. The maximum Gasteiger partial charge on any atom is 4.00 e. The quantitative estimate of drug-likeness (QED) is 0.142. The van der Waals surface area contributed by atoms with E-state index in [1.54, 1.807) is 20.8 Å². The van der Waals surface area contributed by atoms with Gasteiger partial charge in [-0.1, -0.05) is 186 Å². The van der Waals surface area contributed by atoms with E-state index in [2.05, 4.69) is 157 Å². The Bertz CT molecular complexity index is 1350. The van der Waals surface area contributed by atoms with E-state index in [-0.39, 0.29) is 58.9 Å². The second-order valence-corrected chi connectivity index (χ2v) is 19.8. The van der Waals surface area contributed by atoms with Crippen molar-refractivity contribution in [3.8, 4) is 0 Å². The zero-order chi connectivity index (χ0) is 33.9. The molecule has 1 aliphatic rings. The van der Waals surface area contributed by atoms with Crippen LogP contribution in [0.25, 0.3) is 0 Å². The number of unbranched alkanes of at least 4 members (excludes halogenated alkanes) is 1. The molecule has 0 saturated carbocycles. The van der Waals surface area contributed by atoms with Crippen LogP contribution in [0.2, 0.25) is 0 Å². The van der Waals surface area contributed by atoms with Gasteiger partial charge in [0.15, 0.2) is 0 Å². The van der Waals surface area contributed by atoms with E-state index in [1.807, 2.05) is 0 Å². The second-order valence-electron chi connectivity index (χ2n) is 16.0. The molecule has 0 radical (unpaired) electrons. The summed E-state index contributed by atoms with van der Waals surface area (Å²) >= 11 is 0. The van der Waals surface area contributed by atoms with Crippen LogP contribution in [0.4, 0.5) is 0 Å². The fourth-order valence-corrected chi connectivity index (χ4v) is 12.5. The predicted octanol–water partition coefficient (Wildman–Crippen LogP) is 2.70. The Hall–Kier alpha value is -1.06. The number of hydrogen-bond acceptors (Lipinski definition) is 0. The van der Waals surface area contributed by atoms with Crippen molar-refractivity contribution in [1.29, 1.82) is 0 Å². The summed E-state index contributed by atoms with van der Waals surface area (Å²) in [5, 5.41) is 6.36. The van der Waals surface area contributed by atoms with E-state index in [0.29, 0.717) is 35.5 Å². The molecule has 0 fully saturated rings. The summed E-state index contributed by atoms with van der Waals surface area (Å²) in [6.07, 6.45) is 10.8. The third-order valence-corrected chi connectivity index (χ3v) is 15.3. The fourth-order valence-electron chi connectivity index (χ4n) is 7.14. The van der Waals surface area contributed by atoms with E-state index >= 15 is 0 Å². The molecule has 3 aromatic rings. The van der Waals surface area contributed by atoms with E-state index in [1.165, 1.54) is 51.8 Å². The van der Waals surface area contributed by atoms with Crippen LogP contribution in [0.3, 0.4) is 0 Å². The monoisotopic (exact) mass is 784 g/mol. The molecule has 0 saturated heterocycles. The zero-order valence-corrected chi connectivity index (χ0v) is 38.0. The standard InChI is InChI=1S/C45H63Si.3ClH.Ti/c1-14-15-17-35-18-16-19-45(35)46(42-23-36(29(2)3)20-37(24-42)30(4)5,43-25-38(31(6)7)21-39(26-43)32(8)9)44-27-40(33(10)11)22-41(28-44)34(12)13;;;;/h16,20-34H,14-15,17,19H2,1-13H3;3*1H;/q-1;;;;+4/p-3. The second kappa shape index (κ2) is 21.0. The van der Waals surface area contributed by atoms with E-state index in [9.17, 15) is 0 Å². The van der Waals surface area contributed by atoms with Gasteiger partial charge in [-0.25, -0.2) is 10.8 Å². The van der Waals surface area contributed by atoms with Crippen molar-refractivity contribution in [2.75, 3.05) is 0 Å². The summed E-state index contributed by atoms with van der Waals surface area (Å²) in [6, 6.07) is 23.3. The van der Waals surface area contributed by atoms with Gasteiger partial charge in [0, 0.05) is 0 Å². The summed E-state index contributed by atoms with van der Waals surface area (Å²) in [6.45, 7) is 30.8. The number of rotatable bonds is 13. The molecule has 0 heterocycles. The molecule has 0 spiro atoms. The molecule has 0 aromatic heterocycles. The van der Waals surface area contributed by atoms with E-state index < -0.39 is 8.07 Å². The SMILES string of the molecule is CCCCC1=C([Si](c2cc(C(C)C)cc(C(C)C)c2)(c2cc(C(C)C)cc(C(C)C)c2)c2cc(C(C)C)cc(C(C)C)c2)CC=[C-]1.[Cl-].[Cl-].[Cl-].[Ti+4]. The van der Waals surface area contributed by atoms with Crippen molar-refractivity contribution in [2.24, 2.45) is 0 Å². The van der Waals surface area contributed by atoms with Crippen LogP contribution in [0.1, 0.15) is 185 Å². The van der Waals surface area contributed by atoms with Crippen LogP contribution in [0.15, 0.2) is 71.4 Å². The van der Waals surface area contributed by atoms with Gasteiger partial charge in [-0.05, 0) is 68.9 Å². The van der Waals surface area contributed by atoms with Crippen LogP contribution in [-0.4, -0.2) is 8.07 Å². The van der Waals surface area contributed by atoms with E-state index in [4.69, 9.17) is 0 Å². The molecule has 272 valence electrons. The first kappa shape index (κ1) is 48.9. The molecule has 0 nitrogen and oxygen atoms in total. The van der Waals surface area contributed by atoms with Gasteiger partial charge in [0.25, 0.3) is 0 Å². The number of halogens is 3. The number of allylic oxidation sites excluding steroid dienone is 4. The average molecular weight is 786 g/mol. The fraction of sp³-hybridized carbons (Fsp3) is 0.511. The largest absolute Gasteiger partial charge is 4.00 e. The van der Waals surface area contributed by atoms with Crippen molar-refractivity contribution in [1.82, 2.24) is 0 Å². The first-order valence-corrected chi connectivity index (χ1v) is 20.5. The molecular formula is C45H63Cl3SiTi. The first-order valence-electron chi connectivity index (χ1n) is 18.5. The Morgan fingerprint density at radius 1 is 0.500 bits per heavy atom. The molecule has 0 bridgehead atoms. The number of benzene rings is 3. The Morgan fingerprint density at radius 2 is 0.780 bits per heavy atom. The Kier molecular flexibility index (Phi) is 20.5. The molecule has 0 amide bonds. The van der Waals surface area contributed by atoms with Crippen LogP contribution in [0, 0.1) is 6.08 Å². The van der Waals surface area contributed by atoms with Gasteiger partial charge in [0.05, 0.1) is 8.07 Å².